The Morgan fingerprint density at radius 1 is 1.18 bits per heavy atom. The molecule has 17 heavy (non-hydrogen) atoms. The molecule has 1 amide bonds. The van der Waals surface area contributed by atoms with Crippen molar-refractivity contribution in [2.45, 2.75) is 25.7 Å². The molecule has 1 saturated heterocycles. The Morgan fingerprint density at radius 2 is 2.00 bits per heavy atom. The zero-order valence-electron chi connectivity index (χ0n) is 9.95. The zero-order chi connectivity index (χ0) is 11.7. The van der Waals surface area contributed by atoms with Crippen LogP contribution in [0.3, 0.4) is 0 Å². The number of hydrogen-bond donors (Lipinski definition) is 0. The molecule has 0 saturated carbocycles. The van der Waals surface area contributed by atoms with Gasteiger partial charge in [0.2, 0.25) is 0 Å². The first-order valence-corrected chi connectivity index (χ1v) is 6.35. The third-order valence-electron chi connectivity index (χ3n) is 3.64. The first-order chi connectivity index (χ1) is 8.33. The lowest BCUT2D eigenvalue weighted by atomic mass is 10.1. The second-order valence-corrected chi connectivity index (χ2v) is 4.81. The molecule has 1 aliphatic heterocycles. The Morgan fingerprint density at radius 3 is 2.76 bits per heavy atom. The first-order valence-electron chi connectivity index (χ1n) is 6.35. The van der Waals surface area contributed by atoms with Gasteiger partial charge in [-0.2, -0.15) is 0 Å². The summed E-state index contributed by atoms with van der Waals surface area (Å²) in [6.07, 6.45) is 4.70. The van der Waals surface area contributed by atoms with Gasteiger partial charge in [0, 0.05) is 13.1 Å². The highest BCUT2D eigenvalue weighted by molar-refractivity contribution is 5.78. The van der Waals surface area contributed by atoms with Crippen LogP contribution in [0.2, 0.25) is 0 Å². The maximum Gasteiger partial charge on any atom is 0.260 e. The molecule has 0 radical (unpaired) electrons. The SMILES string of the molecule is O=C(COc1ccc2c(c1)CCC2)N1CCC1. The van der Waals surface area contributed by atoms with E-state index in [0.29, 0.717) is 0 Å². The molecule has 0 bridgehead atoms. The summed E-state index contributed by atoms with van der Waals surface area (Å²) in [6, 6.07) is 6.20. The molecular formula is C14H17NO2. The summed E-state index contributed by atoms with van der Waals surface area (Å²) in [7, 11) is 0. The fourth-order valence-electron chi connectivity index (χ4n) is 2.44. The van der Waals surface area contributed by atoms with Crippen LogP contribution in [0, 0.1) is 0 Å². The Hall–Kier alpha value is -1.51. The molecule has 1 aromatic carbocycles. The highest BCUT2D eigenvalue weighted by atomic mass is 16.5. The minimum Gasteiger partial charge on any atom is -0.484 e. The van der Waals surface area contributed by atoms with E-state index in [1.165, 1.54) is 24.0 Å². The van der Waals surface area contributed by atoms with E-state index in [1.807, 2.05) is 11.0 Å². The van der Waals surface area contributed by atoms with Crippen LogP contribution < -0.4 is 4.74 Å². The van der Waals surface area contributed by atoms with Crippen LogP contribution in [0.25, 0.3) is 0 Å². The van der Waals surface area contributed by atoms with Gasteiger partial charge < -0.3 is 9.64 Å². The number of fused-ring (bicyclic) bond motifs is 1. The number of nitrogens with zero attached hydrogens (tertiary/aromatic N) is 1. The molecule has 1 heterocycles. The zero-order valence-corrected chi connectivity index (χ0v) is 9.95. The maximum atomic E-state index is 11.6. The van der Waals surface area contributed by atoms with Crippen molar-refractivity contribution in [1.29, 1.82) is 0 Å². The van der Waals surface area contributed by atoms with Crippen molar-refractivity contribution >= 4 is 5.91 Å². The summed E-state index contributed by atoms with van der Waals surface area (Å²) < 4.78 is 5.56. The normalized spacial score (nSPS) is 17.5. The monoisotopic (exact) mass is 231 g/mol. The van der Waals surface area contributed by atoms with Gasteiger partial charge in [0.15, 0.2) is 6.61 Å². The molecule has 0 spiro atoms. The van der Waals surface area contributed by atoms with Crippen molar-refractivity contribution in [2.24, 2.45) is 0 Å². The van der Waals surface area contributed by atoms with Crippen molar-refractivity contribution in [1.82, 2.24) is 4.90 Å². The first kappa shape index (κ1) is 10.6. The van der Waals surface area contributed by atoms with Crippen LogP contribution >= 0.6 is 0 Å². The molecule has 2 aliphatic rings. The van der Waals surface area contributed by atoms with Gasteiger partial charge in [-0.15, -0.1) is 0 Å². The highest BCUT2D eigenvalue weighted by Gasteiger charge is 2.20. The Kier molecular flexibility index (Phi) is 2.75. The fraction of sp³-hybridized carbons (Fsp3) is 0.500. The lowest BCUT2D eigenvalue weighted by molar-refractivity contribution is -0.136. The van der Waals surface area contributed by atoms with Crippen molar-refractivity contribution in [2.75, 3.05) is 19.7 Å². The third kappa shape index (κ3) is 2.14. The van der Waals surface area contributed by atoms with Gasteiger partial charge in [0.25, 0.3) is 5.91 Å². The number of amides is 1. The number of carbonyl (C=O) groups is 1. The highest BCUT2D eigenvalue weighted by Crippen LogP contribution is 2.26. The van der Waals surface area contributed by atoms with Gasteiger partial charge in [0.1, 0.15) is 5.75 Å². The molecule has 1 fully saturated rings. The fourth-order valence-corrected chi connectivity index (χ4v) is 2.44. The van der Waals surface area contributed by atoms with E-state index in [9.17, 15) is 4.79 Å². The third-order valence-corrected chi connectivity index (χ3v) is 3.64. The van der Waals surface area contributed by atoms with Gasteiger partial charge in [-0.25, -0.2) is 0 Å². The molecule has 0 aromatic heterocycles. The lowest BCUT2D eigenvalue weighted by Crippen LogP contribution is -2.44. The molecule has 3 nitrogen and oxygen atoms in total. The van der Waals surface area contributed by atoms with Crippen LogP contribution in [0.5, 0.6) is 5.75 Å². The average molecular weight is 231 g/mol. The van der Waals surface area contributed by atoms with Gasteiger partial charge in [-0.3, -0.25) is 4.79 Å². The standard InChI is InChI=1S/C14H17NO2/c16-14(15-7-2-8-15)10-17-13-6-5-11-3-1-4-12(11)9-13/h5-6,9H,1-4,7-8,10H2. The van der Waals surface area contributed by atoms with Crippen molar-refractivity contribution in [3.05, 3.63) is 29.3 Å². The van der Waals surface area contributed by atoms with Crippen molar-refractivity contribution < 1.29 is 9.53 Å². The van der Waals surface area contributed by atoms with E-state index < -0.39 is 0 Å². The number of aryl methyl sites for hydroxylation is 2. The van der Waals surface area contributed by atoms with Crippen LogP contribution in [0.4, 0.5) is 0 Å². The smallest absolute Gasteiger partial charge is 0.260 e. The number of carbonyl (C=O) groups excluding carboxylic acids is 1. The van der Waals surface area contributed by atoms with E-state index >= 15 is 0 Å². The van der Waals surface area contributed by atoms with E-state index in [4.69, 9.17) is 4.74 Å². The molecule has 3 rings (SSSR count). The topological polar surface area (TPSA) is 29.5 Å². The number of likely N-dealkylation sites (tertiary alicyclic amines) is 1. The summed E-state index contributed by atoms with van der Waals surface area (Å²) in [6.45, 7) is 1.97. The van der Waals surface area contributed by atoms with Gasteiger partial charge in [0.05, 0.1) is 0 Å². The van der Waals surface area contributed by atoms with E-state index in [-0.39, 0.29) is 12.5 Å². The van der Waals surface area contributed by atoms with Gasteiger partial charge in [-0.1, -0.05) is 6.07 Å². The summed E-state index contributed by atoms with van der Waals surface area (Å²) in [5.41, 5.74) is 2.82. The number of benzene rings is 1. The number of rotatable bonds is 3. The van der Waals surface area contributed by atoms with E-state index in [0.717, 1.165) is 31.7 Å². The molecule has 1 aromatic rings. The molecule has 3 heteroatoms. The van der Waals surface area contributed by atoms with Gasteiger partial charge >= 0.3 is 0 Å². The summed E-state index contributed by atoms with van der Waals surface area (Å²) in [5, 5.41) is 0. The largest absolute Gasteiger partial charge is 0.484 e. The minimum atomic E-state index is 0.108. The molecule has 0 atom stereocenters. The molecule has 0 unspecified atom stereocenters. The molecule has 0 N–H and O–H groups in total. The minimum absolute atomic E-state index is 0.108. The average Bonchev–Trinajstić information content (AvgIpc) is 2.71. The quantitative estimate of drug-likeness (QED) is 0.793. The number of hydrogen-bond acceptors (Lipinski definition) is 2. The van der Waals surface area contributed by atoms with Crippen LogP contribution in [0.1, 0.15) is 24.0 Å². The van der Waals surface area contributed by atoms with Crippen LogP contribution in [-0.2, 0) is 17.6 Å². The van der Waals surface area contributed by atoms with Crippen molar-refractivity contribution in [3.63, 3.8) is 0 Å². The Balaban J connectivity index is 1.59. The predicted octanol–water partition coefficient (Wildman–Crippen LogP) is 1.79. The predicted molar refractivity (Wildman–Crippen MR) is 65.2 cm³/mol. The van der Waals surface area contributed by atoms with Crippen LogP contribution in [-0.4, -0.2) is 30.5 Å². The van der Waals surface area contributed by atoms with E-state index in [2.05, 4.69) is 12.1 Å². The summed E-state index contributed by atoms with van der Waals surface area (Å²) in [5.74, 6) is 0.941. The van der Waals surface area contributed by atoms with Gasteiger partial charge in [-0.05, 0) is 48.9 Å². The number of ether oxygens (including phenoxy) is 1. The molecular weight excluding hydrogens is 214 g/mol. The second kappa shape index (κ2) is 4.40. The maximum absolute atomic E-state index is 11.6. The van der Waals surface area contributed by atoms with Crippen LogP contribution in [0.15, 0.2) is 18.2 Å². The molecule has 1 aliphatic carbocycles. The molecule has 90 valence electrons. The lowest BCUT2D eigenvalue weighted by Gasteiger charge is -2.30. The Bertz CT molecular complexity index is 438. The summed E-state index contributed by atoms with van der Waals surface area (Å²) in [4.78, 5) is 13.5. The second-order valence-electron chi connectivity index (χ2n) is 4.81. The Labute approximate surface area is 101 Å². The van der Waals surface area contributed by atoms with Crippen molar-refractivity contribution in [3.8, 4) is 5.75 Å². The van der Waals surface area contributed by atoms with E-state index in [1.54, 1.807) is 0 Å². The summed E-state index contributed by atoms with van der Waals surface area (Å²) >= 11 is 0.